The van der Waals surface area contributed by atoms with Crippen LogP contribution in [-0.4, -0.2) is 41.7 Å². The molecule has 0 amide bonds. The van der Waals surface area contributed by atoms with Crippen LogP contribution in [0.3, 0.4) is 0 Å². The van der Waals surface area contributed by atoms with E-state index in [4.69, 9.17) is 0 Å². The van der Waals surface area contributed by atoms with Crippen molar-refractivity contribution < 1.29 is 65.9 Å². The summed E-state index contributed by atoms with van der Waals surface area (Å²) in [6.45, 7) is 3.21. The molecule has 0 aliphatic heterocycles. The number of alkyl halides is 15. The van der Waals surface area contributed by atoms with Gasteiger partial charge in [-0.05, 0) is 25.2 Å². The summed E-state index contributed by atoms with van der Waals surface area (Å²) < 4.78 is 196. The van der Waals surface area contributed by atoms with E-state index in [1.807, 2.05) is 0 Å². The van der Waals surface area contributed by atoms with E-state index in [2.05, 4.69) is 6.92 Å². The largest absolute Gasteiger partial charge is 0.460 e. The van der Waals surface area contributed by atoms with Crippen molar-refractivity contribution >= 4 is 0 Å². The molecule has 1 rings (SSSR count). The van der Waals surface area contributed by atoms with Crippen molar-refractivity contribution in [2.24, 2.45) is 11.8 Å². The highest BCUT2D eigenvalue weighted by Crippen LogP contribution is 2.64. The molecular weight excluding hydrogens is 453 g/mol. The number of halogens is 15. The highest BCUT2D eigenvalue weighted by Gasteiger charge is 2.93. The Morgan fingerprint density at radius 3 is 1.34 bits per heavy atom. The molecule has 172 valence electrons. The van der Waals surface area contributed by atoms with Crippen molar-refractivity contribution in [2.75, 3.05) is 0 Å². The molecule has 0 saturated heterocycles. The zero-order valence-corrected chi connectivity index (χ0v) is 13.7. The highest BCUT2D eigenvalue weighted by molar-refractivity contribution is 5.15. The van der Waals surface area contributed by atoms with Crippen LogP contribution in [0.2, 0.25) is 0 Å². The van der Waals surface area contributed by atoms with Gasteiger partial charge in [-0.3, -0.25) is 0 Å². The van der Waals surface area contributed by atoms with E-state index in [9.17, 15) is 65.9 Å². The molecule has 2 atom stereocenters. The van der Waals surface area contributed by atoms with Crippen molar-refractivity contribution in [3.63, 3.8) is 0 Å². The summed E-state index contributed by atoms with van der Waals surface area (Å²) in [5.74, 6) is -49.7. The molecule has 0 aromatic rings. The molecule has 0 spiro atoms. The summed E-state index contributed by atoms with van der Waals surface area (Å²) in [5.41, 5.74) is 0. The summed E-state index contributed by atoms with van der Waals surface area (Å²) in [6.07, 6.45) is -8.89. The topological polar surface area (TPSA) is 0 Å². The standard InChI is InChI=1S/C14H11F15/c1-2-6-3-4-7(5-6)8(15,16)9(17,18)10(19,20)11(21,22)12(23,24)13(25,26)14(27,28)29/h4,6-7H,1-3,5H2. The maximum absolute atomic E-state index is 13.9. The average molecular weight is 464 g/mol. The second-order valence-corrected chi connectivity index (χ2v) is 6.46. The average Bonchev–Trinajstić information content (AvgIpc) is 3.02. The predicted octanol–water partition coefficient (Wildman–Crippen LogP) is 6.82. The molecule has 1 aliphatic carbocycles. The third-order valence-electron chi connectivity index (χ3n) is 4.57. The minimum Gasteiger partial charge on any atom is -0.199 e. The maximum Gasteiger partial charge on any atom is 0.460 e. The van der Waals surface area contributed by atoms with Crippen LogP contribution < -0.4 is 0 Å². The van der Waals surface area contributed by atoms with Crippen molar-refractivity contribution in [3.8, 4) is 0 Å². The van der Waals surface area contributed by atoms with Gasteiger partial charge in [0.15, 0.2) is 0 Å². The van der Waals surface area contributed by atoms with Gasteiger partial charge in [0.2, 0.25) is 0 Å². The van der Waals surface area contributed by atoms with Crippen molar-refractivity contribution in [3.05, 3.63) is 13.3 Å². The summed E-state index contributed by atoms with van der Waals surface area (Å²) >= 11 is 0. The lowest BCUT2D eigenvalue weighted by Gasteiger charge is -2.42. The minimum absolute atomic E-state index is 0.183. The number of hydrogen-bond donors (Lipinski definition) is 0. The summed E-state index contributed by atoms with van der Waals surface area (Å²) in [5, 5.41) is 0. The normalized spacial score (nSPS) is 23.6. The van der Waals surface area contributed by atoms with Gasteiger partial charge >= 0.3 is 41.7 Å². The van der Waals surface area contributed by atoms with Gasteiger partial charge in [0.25, 0.3) is 0 Å². The van der Waals surface area contributed by atoms with Crippen LogP contribution in [0.25, 0.3) is 0 Å². The molecule has 0 nitrogen and oxygen atoms in total. The van der Waals surface area contributed by atoms with Crippen LogP contribution in [0.1, 0.15) is 19.3 Å². The molecule has 0 bridgehead atoms. The predicted molar refractivity (Wildman–Crippen MR) is 66.2 cm³/mol. The monoisotopic (exact) mass is 464 g/mol. The molecule has 0 N–H and O–H groups in total. The van der Waals surface area contributed by atoms with Gasteiger partial charge in [0.05, 0.1) is 0 Å². The summed E-state index contributed by atoms with van der Waals surface area (Å²) in [4.78, 5) is 0. The van der Waals surface area contributed by atoms with E-state index in [1.165, 1.54) is 0 Å². The quantitative estimate of drug-likeness (QED) is 0.363. The third kappa shape index (κ3) is 3.43. The molecule has 1 fully saturated rings. The Kier molecular flexibility index (Phi) is 6.26. The van der Waals surface area contributed by atoms with Crippen LogP contribution in [0.15, 0.2) is 0 Å². The molecular formula is C14H11F15. The van der Waals surface area contributed by atoms with Gasteiger partial charge in [-0.1, -0.05) is 13.3 Å². The van der Waals surface area contributed by atoms with E-state index in [0.29, 0.717) is 6.42 Å². The second-order valence-electron chi connectivity index (χ2n) is 6.46. The lowest BCUT2D eigenvalue weighted by atomic mass is 9.85. The van der Waals surface area contributed by atoms with Gasteiger partial charge in [-0.2, -0.15) is 65.9 Å². The Hall–Kier alpha value is -1.05. The van der Waals surface area contributed by atoms with Crippen molar-refractivity contribution in [2.45, 2.75) is 61.0 Å². The number of hydrogen-bond acceptors (Lipinski definition) is 0. The van der Waals surface area contributed by atoms with Crippen LogP contribution in [0.5, 0.6) is 0 Å². The smallest absolute Gasteiger partial charge is 0.199 e. The van der Waals surface area contributed by atoms with Gasteiger partial charge < -0.3 is 0 Å². The first-order valence-corrected chi connectivity index (χ1v) is 7.50. The minimum atomic E-state index is -8.23. The zero-order chi connectivity index (χ0) is 23.5. The molecule has 2 radical (unpaired) electrons. The van der Waals surface area contributed by atoms with E-state index in [0.717, 1.165) is 0 Å². The lowest BCUT2D eigenvalue weighted by Crippen LogP contribution is -2.73. The highest BCUT2D eigenvalue weighted by atomic mass is 19.4. The molecule has 1 saturated carbocycles. The molecule has 2 unspecified atom stereocenters. The van der Waals surface area contributed by atoms with Crippen LogP contribution in [0.4, 0.5) is 65.9 Å². The Morgan fingerprint density at radius 1 is 0.621 bits per heavy atom. The fourth-order valence-electron chi connectivity index (χ4n) is 2.65. The first kappa shape index (κ1) is 26.0. The van der Waals surface area contributed by atoms with Crippen LogP contribution in [-0.2, 0) is 0 Å². The van der Waals surface area contributed by atoms with Gasteiger partial charge in [-0.25, -0.2) is 0 Å². The van der Waals surface area contributed by atoms with Gasteiger partial charge in [-0.15, -0.1) is 0 Å². The first-order valence-electron chi connectivity index (χ1n) is 7.50. The number of rotatable bonds is 7. The fraction of sp³-hybridized carbons (Fsp3) is 0.857. The second kappa shape index (κ2) is 6.99. The molecule has 0 aromatic carbocycles. The SMILES string of the molecule is [CH2]CC1C[CH]C(C(F)(F)C(F)(F)C(F)(F)C(F)(F)C(F)(F)C(F)(F)C(F)(F)F)C1. The Morgan fingerprint density at radius 2 is 1.00 bits per heavy atom. The lowest BCUT2D eigenvalue weighted by molar-refractivity contribution is -0.454. The van der Waals surface area contributed by atoms with Gasteiger partial charge in [0, 0.05) is 5.92 Å². The Bertz CT molecular complexity index is 588. The van der Waals surface area contributed by atoms with Gasteiger partial charge in [0.1, 0.15) is 0 Å². The van der Waals surface area contributed by atoms with E-state index < -0.39 is 66.4 Å². The Balaban J connectivity index is 3.46. The summed E-state index contributed by atoms with van der Waals surface area (Å²) in [7, 11) is 0. The molecule has 0 heterocycles. The molecule has 0 aromatic heterocycles. The van der Waals surface area contributed by atoms with Crippen LogP contribution in [0, 0.1) is 25.2 Å². The zero-order valence-electron chi connectivity index (χ0n) is 13.7. The van der Waals surface area contributed by atoms with Crippen molar-refractivity contribution in [1.29, 1.82) is 0 Å². The molecule has 15 heteroatoms. The van der Waals surface area contributed by atoms with Crippen LogP contribution >= 0.6 is 0 Å². The fourth-order valence-corrected chi connectivity index (χ4v) is 2.65. The summed E-state index contributed by atoms with van der Waals surface area (Å²) in [6, 6.07) is 0. The molecule has 29 heavy (non-hydrogen) atoms. The Labute approximate surface area is 153 Å². The molecule has 1 aliphatic rings. The van der Waals surface area contributed by atoms with Crippen molar-refractivity contribution in [1.82, 2.24) is 0 Å². The third-order valence-corrected chi connectivity index (χ3v) is 4.57. The van der Waals surface area contributed by atoms with E-state index in [1.54, 1.807) is 0 Å². The maximum atomic E-state index is 13.9. The van der Waals surface area contributed by atoms with E-state index >= 15 is 0 Å². The first-order chi connectivity index (χ1) is 12.5. The van der Waals surface area contributed by atoms with E-state index in [-0.39, 0.29) is 6.42 Å².